The van der Waals surface area contributed by atoms with Crippen molar-refractivity contribution < 1.29 is 14.4 Å². The number of carbonyl (C=O) groups excluding carboxylic acids is 3. The number of fused-ring (bicyclic) bond motifs is 1. The fourth-order valence-corrected chi connectivity index (χ4v) is 3.26. The van der Waals surface area contributed by atoms with E-state index < -0.39 is 0 Å². The standard InChI is InChI=1S/C21H20N2O3/c24-19-6-2-3-14-11-17(9-10-18(14)19)23-21(26)15-4-1-5-16(12-15)22-20(25)13-7-8-13/h1,4-5,9-13H,2-3,6-8H2,(H,22,25)(H,23,26). The van der Waals surface area contributed by atoms with E-state index in [0.29, 0.717) is 23.4 Å². The number of rotatable bonds is 4. The third-order valence-electron chi connectivity index (χ3n) is 4.85. The van der Waals surface area contributed by atoms with Crippen LogP contribution in [0.3, 0.4) is 0 Å². The van der Waals surface area contributed by atoms with Gasteiger partial charge in [0.1, 0.15) is 0 Å². The maximum Gasteiger partial charge on any atom is 0.255 e. The Morgan fingerprint density at radius 1 is 0.923 bits per heavy atom. The second-order valence-electron chi connectivity index (χ2n) is 6.95. The van der Waals surface area contributed by atoms with Crippen LogP contribution in [0.5, 0.6) is 0 Å². The summed E-state index contributed by atoms with van der Waals surface area (Å²) in [6, 6.07) is 12.4. The van der Waals surface area contributed by atoms with Crippen molar-refractivity contribution in [2.24, 2.45) is 5.92 Å². The molecule has 5 nitrogen and oxygen atoms in total. The summed E-state index contributed by atoms with van der Waals surface area (Å²) in [6.07, 6.45) is 4.18. The zero-order chi connectivity index (χ0) is 18.1. The van der Waals surface area contributed by atoms with Crippen molar-refractivity contribution in [1.82, 2.24) is 0 Å². The topological polar surface area (TPSA) is 75.3 Å². The zero-order valence-electron chi connectivity index (χ0n) is 14.4. The SMILES string of the molecule is O=C(Nc1ccc2c(c1)CCCC2=O)c1cccc(NC(=O)C2CC2)c1. The maximum absolute atomic E-state index is 12.5. The molecule has 2 aliphatic carbocycles. The number of hydrogen-bond donors (Lipinski definition) is 2. The van der Waals surface area contributed by atoms with E-state index in [1.165, 1.54) is 0 Å². The van der Waals surface area contributed by atoms with Crippen molar-refractivity contribution in [1.29, 1.82) is 0 Å². The molecule has 0 saturated heterocycles. The largest absolute Gasteiger partial charge is 0.326 e. The molecule has 0 aromatic heterocycles. The Morgan fingerprint density at radius 2 is 1.73 bits per heavy atom. The van der Waals surface area contributed by atoms with E-state index in [1.807, 2.05) is 6.07 Å². The van der Waals surface area contributed by atoms with E-state index in [9.17, 15) is 14.4 Å². The van der Waals surface area contributed by atoms with Crippen molar-refractivity contribution in [3.05, 3.63) is 59.2 Å². The number of hydrogen-bond acceptors (Lipinski definition) is 3. The van der Waals surface area contributed by atoms with Crippen molar-refractivity contribution in [3.8, 4) is 0 Å². The summed E-state index contributed by atoms with van der Waals surface area (Å²) in [4.78, 5) is 36.3. The van der Waals surface area contributed by atoms with Crippen molar-refractivity contribution in [2.45, 2.75) is 32.1 Å². The van der Waals surface area contributed by atoms with Gasteiger partial charge in [-0.15, -0.1) is 0 Å². The molecule has 0 spiro atoms. The average Bonchev–Trinajstić information content (AvgIpc) is 3.47. The number of Topliss-reactive ketones (excluding diaryl/α,β-unsaturated/α-hetero) is 1. The number of ketones is 1. The van der Waals surface area contributed by atoms with Crippen molar-refractivity contribution in [2.75, 3.05) is 10.6 Å². The normalized spacial score (nSPS) is 15.9. The minimum absolute atomic E-state index is 0.0157. The van der Waals surface area contributed by atoms with Crippen LogP contribution < -0.4 is 10.6 Å². The number of anilines is 2. The molecule has 5 heteroatoms. The van der Waals surface area contributed by atoms with E-state index in [4.69, 9.17) is 0 Å². The van der Waals surface area contributed by atoms with Gasteiger partial charge in [-0.25, -0.2) is 0 Å². The first-order chi connectivity index (χ1) is 12.6. The summed E-state index contributed by atoms with van der Waals surface area (Å²) in [7, 11) is 0. The molecule has 0 unspecified atom stereocenters. The molecule has 0 atom stereocenters. The van der Waals surface area contributed by atoms with Crippen LogP contribution in [0.25, 0.3) is 0 Å². The highest BCUT2D eigenvalue weighted by molar-refractivity contribution is 6.06. The van der Waals surface area contributed by atoms with Gasteiger partial charge in [0.25, 0.3) is 5.91 Å². The molecule has 0 aliphatic heterocycles. The molecule has 2 aromatic rings. The van der Waals surface area contributed by atoms with Gasteiger partial charge in [-0.05, 0) is 67.6 Å². The first-order valence-electron chi connectivity index (χ1n) is 8.98. The van der Waals surface area contributed by atoms with Gasteiger partial charge in [0.2, 0.25) is 5.91 Å². The fraction of sp³-hybridized carbons (Fsp3) is 0.286. The Morgan fingerprint density at radius 3 is 2.54 bits per heavy atom. The molecular weight excluding hydrogens is 328 g/mol. The van der Waals surface area contributed by atoms with Crippen LogP contribution in [-0.4, -0.2) is 17.6 Å². The minimum atomic E-state index is -0.241. The lowest BCUT2D eigenvalue weighted by Crippen LogP contribution is -2.16. The second-order valence-corrected chi connectivity index (χ2v) is 6.95. The summed E-state index contributed by atoms with van der Waals surface area (Å²) in [6.45, 7) is 0. The lowest BCUT2D eigenvalue weighted by atomic mass is 9.90. The maximum atomic E-state index is 12.5. The lowest BCUT2D eigenvalue weighted by Gasteiger charge is -2.16. The van der Waals surface area contributed by atoms with E-state index in [-0.39, 0.29) is 23.5 Å². The molecule has 2 amide bonds. The van der Waals surface area contributed by atoms with Crippen LogP contribution in [0.2, 0.25) is 0 Å². The Bertz CT molecular complexity index is 900. The molecular formula is C21H20N2O3. The zero-order valence-corrected chi connectivity index (χ0v) is 14.4. The molecule has 0 bridgehead atoms. The van der Waals surface area contributed by atoms with E-state index in [2.05, 4.69) is 10.6 Å². The van der Waals surface area contributed by atoms with Gasteiger partial charge < -0.3 is 10.6 Å². The first kappa shape index (κ1) is 16.5. The molecule has 0 heterocycles. The third kappa shape index (κ3) is 3.52. The monoisotopic (exact) mass is 348 g/mol. The van der Waals surface area contributed by atoms with E-state index in [0.717, 1.165) is 36.8 Å². The predicted molar refractivity (Wildman–Crippen MR) is 99.5 cm³/mol. The van der Waals surface area contributed by atoms with Crippen LogP contribution in [-0.2, 0) is 11.2 Å². The van der Waals surface area contributed by atoms with Crippen LogP contribution in [0.15, 0.2) is 42.5 Å². The minimum Gasteiger partial charge on any atom is -0.326 e. The molecule has 0 radical (unpaired) electrons. The summed E-state index contributed by atoms with van der Waals surface area (Å²) in [5, 5.41) is 5.73. The summed E-state index contributed by atoms with van der Waals surface area (Å²) in [5.41, 5.74) is 3.54. The average molecular weight is 348 g/mol. The Balaban J connectivity index is 1.48. The van der Waals surface area contributed by atoms with Gasteiger partial charge in [0.15, 0.2) is 5.78 Å². The summed E-state index contributed by atoms with van der Waals surface area (Å²) < 4.78 is 0. The first-order valence-corrected chi connectivity index (χ1v) is 8.98. The summed E-state index contributed by atoms with van der Waals surface area (Å²) >= 11 is 0. The van der Waals surface area contributed by atoms with Crippen LogP contribution in [0, 0.1) is 5.92 Å². The number of amides is 2. The Labute approximate surface area is 151 Å². The van der Waals surface area contributed by atoms with E-state index in [1.54, 1.807) is 36.4 Å². The lowest BCUT2D eigenvalue weighted by molar-refractivity contribution is -0.117. The number of benzene rings is 2. The molecule has 1 saturated carbocycles. The van der Waals surface area contributed by atoms with Crippen molar-refractivity contribution >= 4 is 29.0 Å². The smallest absolute Gasteiger partial charge is 0.255 e. The molecule has 26 heavy (non-hydrogen) atoms. The highest BCUT2D eigenvalue weighted by atomic mass is 16.2. The number of nitrogens with one attached hydrogen (secondary N) is 2. The van der Waals surface area contributed by atoms with Gasteiger partial charge >= 0.3 is 0 Å². The second kappa shape index (κ2) is 6.75. The molecule has 2 aromatic carbocycles. The van der Waals surface area contributed by atoms with Crippen molar-refractivity contribution in [3.63, 3.8) is 0 Å². The number of aryl methyl sites for hydroxylation is 1. The van der Waals surface area contributed by atoms with Crippen LogP contribution in [0.1, 0.15) is 52.0 Å². The highest BCUT2D eigenvalue weighted by Gasteiger charge is 2.29. The Hall–Kier alpha value is -2.95. The molecule has 2 N–H and O–H groups in total. The highest BCUT2D eigenvalue weighted by Crippen LogP contribution is 2.30. The van der Waals surface area contributed by atoms with E-state index >= 15 is 0 Å². The summed E-state index contributed by atoms with van der Waals surface area (Å²) in [5.74, 6) is 0.0606. The third-order valence-corrected chi connectivity index (χ3v) is 4.85. The predicted octanol–water partition coefficient (Wildman–Crippen LogP) is 3.81. The van der Waals surface area contributed by atoms with Gasteiger partial charge in [0, 0.05) is 34.8 Å². The van der Waals surface area contributed by atoms with Crippen LogP contribution in [0.4, 0.5) is 11.4 Å². The Kier molecular flexibility index (Phi) is 4.29. The fourth-order valence-electron chi connectivity index (χ4n) is 3.26. The molecule has 4 rings (SSSR count). The van der Waals surface area contributed by atoms with Gasteiger partial charge in [-0.1, -0.05) is 6.07 Å². The van der Waals surface area contributed by atoms with Gasteiger partial charge in [-0.3, -0.25) is 14.4 Å². The molecule has 2 aliphatic rings. The van der Waals surface area contributed by atoms with Gasteiger partial charge in [0.05, 0.1) is 0 Å². The number of carbonyl (C=O) groups is 3. The quantitative estimate of drug-likeness (QED) is 0.882. The van der Waals surface area contributed by atoms with Gasteiger partial charge in [-0.2, -0.15) is 0 Å². The molecule has 132 valence electrons. The molecule has 1 fully saturated rings. The van der Waals surface area contributed by atoms with Crippen LogP contribution >= 0.6 is 0 Å².